The first kappa shape index (κ1) is 20.3. The highest BCUT2D eigenvalue weighted by Gasteiger charge is 2.34. The standard InChI is InChI=1S/C25H21N3O3S/c29-24(18-14-28(32-16-18)19-9-6-12-26-13-19)22-20-10-4-5-11-21(20)27-23(22)25(30)31-15-17-7-2-1-3-8-17/h1-13,18,27H,14-16H2. The number of para-hydroxylation sites is 1. The molecule has 0 radical (unpaired) electrons. The number of H-pyrrole nitrogens is 1. The molecule has 2 aromatic carbocycles. The molecule has 2 aromatic heterocycles. The average Bonchev–Trinajstić information content (AvgIpc) is 3.49. The fourth-order valence-corrected chi connectivity index (χ4v) is 5.03. The minimum atomic E-state index is -0.525. The van der Waals surface area contributed by atoms with Crippen LogP contribution in [0.3, 0.4) is 0 Å². The molecule has 0 saturated carbocycles. The van der Waals surface area contributed by atoms with E-state index in [4.69, 9.17) is 4.74 Å². The van der Waals surface area contributed by atoms with Gasteiger partial charge < -0.3 is 14.0 Å². The van der Waals surface area contributed by atoms with Gasteiger partial charge in [-0.3, -0.25) is 9.78 Å². The van der Waals surface area contributed by atoms with Crippen LogP contribution in [0.4, 0.5) is 5.69 Å². The van der Waals surface area contributed by atoms with Crippen LogP contribution in [0, 0.1) is 5.92 Å². The maximum atomic E-state index is 13.6. The molecule has 1 unspecified atom stereocenters. The summed E-state index contributed by atoms with van der Waals surface area (Å²) >= 11 is 1.60. The molecule has 160 valence electrons. The summed E-state index contributed by atoms with van der Waals surface area (Å²) in [7, 11) is 0. The number of pyridine rings is 1. The number of esters is 1. The van der Waals surface area contributed by atoms with E-state index in [-0.39, 0.29) is 24.0 Å². The van der Waals surface area contributed by atoms with Gasteiger partial charge in [0.1, 0.15) is 12.3 Å². The topological polar surface area (TPSA) is 75.3 Å². The highest BCUT2D eigenvalue weighted by atomic mass is 32.2. The lowest BCUT2D eigenvalue weighted by atomic mass is 9.96. The first-order valence-electron chi connectivity index (χ1n) is 10.4. The van der Waals surface area contributed by atoms with Gasteiger partial charge in [0.15, 0.2) is 5.78 Å². The number of anilines is 1. The summed E-state index contributed by atoms with van der Waals surface area (Å²) in [6.45, 7) is 0.712. The van der Waals surface area contributed by atoms with Crippen LogP contribution in [0.15, 0.2) is 79.1 Å². The minimum absolute atomic E-state index is 0.0481. The van der Waals surface area contributed by atoms with Crippen molar-refractivity contribution in [3.05, 3.63) is 95.9 Å². The molecule has 1 aliphatic rings. The van der Waals surface area contributed by atoms with Crippen molar-refractivity contribution >= 4 is 40.3 Å². The van der Waals surface area contributed by atoms with Gasteiger partial charge in [0.05, 0.1) is 23.4 Å². The van der Waals surface area contributed by atoms with Crippen molar-refractivity contribution in [1.82, 2.24) is 9.97 Å². The number of carbonyl (C=O) groups excluding carboxylic acids is 2. The number of Topliss-reactive ketones (excluding diaryl/α,β-unsaturated/α-hetero) is 1. The van der Waals surface area contributed by atoms with E-state index in [0.717, 1.165) is 22.2 Å². The van der Waals surface area contributed by atoms with Crippen molar-refractivity contribution in [2.75, 3.05) is 16.6 Å². The first-order chi connectivity index (χ1) is 15.7. The third-order valence-electron chi connectivity index (χ3n) is 5.49. The molecule has 1 aliphatic heterocycles. The second-order valence-corrected chi connectivity index (χ2v) is 8.64. The van der Waals surface area contributed by atoms with Gasteiger partial charge in [0, 0.05) is 29.4 Å². The van der Waals surface area contributed by atoms with Crippen LogP contribution in [0.25, 0.3) is 10.9 Å². The number of benzene rings is 2. The maximum Gasteiger partial charge on any atom is 0.355 e. The van der Waals surface area contributed by atoms with E-state index in [1.165, 1.54) is 0 Å². The molecule has 6 nitrogen and oxygen atoms in total. The fourth-order valence-electron chi connectivity index (χ4n) is 3.88. The van der Waals surface area contributed by atoms with Crippen molar-refractivity contribution in [3.8, 4) is 0 Å². The molecular formula is C25H21N3O3S. The first-order valence-corrected chi connectivity index (χ1v) is 11.3. The van der Waals surface area contributed by atoms with E-state index < -0.39 is 5.97 Å². The van der Waals surface area contributed by atoms with Gasteiger partial charge in [-0.05, 0) is 35.7 Å². The number of ether oxygens (including phenoxy) is 1. The number of nitrogens with zero attached hydrogens (tertiary/aromatic N) is 2. The van der Waals surface area contributed by atoms with Crippen LogP contribution in [0.1, 0.15) is 26.4 Å². The third-order valence-corrected chi connectivity index (χ3v) is 6.71. The van der Waals surface area contributed by atoms with E-state index in [1.807, 2.05) is 66.7 Å². The quantitative estimate of drug-likeness (QED) is 0.260. The van der Waals surface area contributed by atoms with Crippen LogP contribution in [0.2, 0.25) is 0 Å². The van der Waals surface area contributed by atoms with E-state index in [2.05, 4.69) is 14.3 Å². The number of carbonyl (C=O) groups is 2. The van der Waals surface area contributed by atoms with E-state index in [1.54, 1.807) is 24.3 Å². The Morgan fingerprint density at radius 1 is 1.06 bits per heavy atom. The summed E-state index contributed by atoms with van der Waals surface area (Å²) in [5, 5.41) is 0.744. The van der Waals surface area contributed by atoms with Gasteiger partial charge in [0.2, 0.25) is 0 Å². The van der Waals surface area contributed by atoms with Crippen LogP contribution in [0.5, 0.6) is 0 Å². The number of hydrogen-bond donors (Lipinski definition) is 1. The van der Waals surface area contributed by atoms with E-state index in [9.17, 15) is 9.59 Å². The second-order valence-electron chi connectivity index (χ2n) is 7.61. The molecule has 1 atom stereocenters. The van der Waals surface area contributed by atoms with Gasteiger partial charge in [-0.1, -0.05) is 48.5 Å². The lowest BCUT2D eigenvalue weighted by Gasteiger charge is -2.16. The summed E-state index contributed by atoms with van der Waals surface area (Å²) in [5.74, 6) is -0.164. The molecule has 1 N–H and O–H groups in total. The van der Waals surface area contributed by atoms with E-state index in [0.29, 0.717) is 17.9 Å². The molecule has 5 rings (SSSR count). The van der Waals surface area contributed by atoms with Gasteiger partial charge in [-0.25, -0.2) is 4.79 Å². The Morgan fingerprint density at radius 2 is 1.88 bits per heavy atom. The summed E-state index contributed by atoms with van der Waals surface area (Å²) in [6, 6.07) is 20.8. The van der Waals surface area contributed by atoms with Crippen molar-refractivity contribution in [3.63, 3.8) is 0 Å². The smallest absolute Gasteiger partial charge is 0.355 e. The Balaban J connectivity index is 1.41. The summed E-state index contributed by atoms with van der Waals surface area (Å²) in [5.41, 5.74) is 3.24. The Kier molecular flexibility index (Phi) is 5.64. The largest absolute Gasteiger partial charge is 0.456 e. The fraction of sp³-hybridized carbons (Fsp3) is 0.160. The lowest BCUT2D eigenvalue weighted by molar-refractivity contribution is 0.0463. The normalized spacial score (nSPS) is 15.8. The van der Waals surface area contributed by atoms with Crippen LogP contribution < -0.4 is 4.31 Å². The zero-order chi connectivity index (χ0) is 21.9. The zero-order valence-corrected chi connectivity index (χ0v) is 18.0. The number of fused-ring (bicyclic) bond motifs is 1. The second kappa shape index (κ2) is 8.88. The summed E-state index contributed by atoms with van der Waals surface area (Å²) in [6.07, 6.45) is 3.52. The molecule has 1 saturated heterocycles. The average molecular weight is 444 g/mol. The molecule has 4 aromatic rings. The molecule has 0 bridgehead atoms. The van der Waals surface area contributed by atoms with E-state index >= 15 is 0 Å². The molecule has 0 amide bonds. The van der Waals surface area contributed by atoms with Crippen molar-refractivity contribution in [1.29, 1.82) is 0 Å². The van der Waals surface area contributed by atoms with Crippen molar-refractivity contribution < 1.29 is 14.3 Å². The Bertz CT molecular complexity index is 1260. The maximum absolute atomic E-state index is 13.6. The van der Waals surface area contributed by atoms with Crippen molar-refractivity contribution in [2.45, 2.75) is 6.61 Å². The Labute approximate surface area is 189 Å². The molecule has 1 fully saturated rings. The van der Waals surface area contributed by atoms with Gasteiger partial charge in [0.25, 0.3) is 0 Å². The number of nitrogens with one attached hydrogen (secondary N) is 1. The number of aromatic amines is 1. The number of rotatable bonds is 6. The predicted octanol–water partition coefficient (Wildman–Crippen LogP) is 4.89. The van der Waals surface area contributed by atoms with Crippen LogP contribution in [-0.2, 0) is 11.3 Å². The van der Waals surface area contributed by atoms with Crippen molar-refractivity contribution in [2.24, 2.45) is 5.92 Å². The molecule has 32 heavy (non-hydrogen) atoms. The Hall–Kier alpha value is -3.58. The lowest BCUT2D eigenvalue weighted by Crippen LogP contribution is -2.24. The number of ketones is 1. The van der Waals surface area contributed by atoms with Crippen LogP contribution in [-0.4, -0.2) is 34.0 Å². The predicted molar refractivity (Wildman–Crippen MR) is 126 cm³/mol. The molecule has 7 heteroatoms. The minimum Gasteiger partial charge on any atom is -0.456 e. The zero-order valence-electron chi connectivity index (χ0n) is 17.2. The summed E-state index contributed by atoms with van der Waals surface area (Å²) in [4.78, 5) is 33.9. The Morgan fingerprint density at radius 3 is 2.69 bits per heavy atom. The molecule has 0 spiro atoms. The molecule has 0 aliphatic carbocycles. The molecule has 3 heterocycles. The highest BCUT2D eigenvalue weighted by Crippen LogP contribution is 2.35. The summed E-state index contributed by atoms with van der Waals surface area (Å²) < 4.78 is 7.62. The van der Waals surface area contributed by atoms with Gasteiger partial charge in [-0.2, -0.15) is 0 Å². The van der Waals surface area contributed by atoms with Crippen LogP contribution >= 0.6 is 11.9 Å². The third kappa shape index (κ3) is 3.99. The SMILES string of the molecule is O=C(OCc1ccccc1)c1[nH]c2ccccc2c1C(=O)C1CSN(c2cccnc2)C1. The number of hydrogen-bond acceptors (Lipinski definition) is 6. The molecular weight excluding hydrogens is 422 g/mol. The number of aromatic nitrogens is 2. The van der Waals surface area contributed by atoms with Gasteiger partial charge in [-0.15, -0.1) is 0 Å². The highest BCUT2D eigenvalue weighted by molar-refractivity contribution is 8.00. The van der Waals surface area contributed by atoms with Gasteiger partial charge >= 0.3 is 5.97 Å². The monoisotopic (exact) mass is 443 g/mol.